The molecule has 3 heterocycles. The number of hydrogen-bond acceptors (Lipinski definition) is 5. The van der Waals surface area contributed by atoms with E-state index in [1.807, 2.05) is 0 Å². The molecular formula is C19H17Cl2N5O4. The van der Waals surface area contributed by atoms with Crippen molar-refractivity contribution in [2.75, 3.05) is 7.11 Å². The number of aryl methyl sites for hydroxylation is 2. The number of hydrogen-bond donors (Lipinski definition) is 0. The zero-order valence-electron chi connectivity index (χ0n) is 16.3. The molecule has 0 unspecified atom stereocenters. The molecule has 0 spiro atoms. The SMILES string of the molecule is COC(=O)Cn1c(C)cn2c3c(=O)n(Cc4ccc(Cl)c(Cl)c4)c(=O)n(C)c3nc12. The average Bonchev–Trinajstić information content (AvgIpc) is 3.22. The van der Waals surface area contributed by atoms with E-state index < -0.39 is 17.2 Å². The summed E-state index contributed by atoms with van der Waals surface area (Å²) >= 11 is 12.0. The first-order chi connectivity index (χ1) is 14.2. The maximum Gasteiger partial charge on any atom is 0.332 e. The molecule has 30 heavy (non-hydrogen) atoms. The molecule has 156 valence electrons. The highest BCUT2D eigenvalue weighted by molar-refractivity contribution is 6.42. The minimum absolute atomic E-state index is 0.0213. The highest BCUT2D eigenvalue weighted by Gasteiger charge is 2.21. The molecule has 3 aromatic heterocycles. The van der Waals surface area contributed by atoms with Crippen molar-refractivity contribution in [3.8, 4) is 0 Å². The number of halogens is 2. The Morgan fingerprint density at radius 3 is 2.57 bits per heavy atom. The van der Waals surface area contributed by atoms with Crippen molar-refractivity contribution in [3.63, 3.8) is 0 Å². The van der Waals surface area contributed by atoms with Gasteiger partial charge in [0.05, 0.1) is 23.7 Å². The second-order valence-corrected chi connectivity index (χ2v) is 7.68. The fourth-order valence-corrected chi connectivity index (χ4v) is 3.72. The molecule has 0 saturated heterocycles. The molecule has 4 aromatic rings. The Morgan fingerprint density at radius 1 is 1.17 bits per heavy atom. The molecule has 0 aliphatic rings. The number of imidazole rings is 2. The minimum Gasteiger partial charge on any atom is -0.468 e. The van der Waals surface area contributed by atoms with Crippen LogP contribution < -0.4 is 11.2 Å². The predicted molar refractivity (Wildman–Crippen MR) is 113 cm³/mol. The molecule has 0 bridgehead atoms. The molecule has 0 aliphatic carbocycles. The van der Waals surface area contributed by atoms with E-state index in [9.17, 15) is 14.4 Å². The van der Waals surface area contributed by atoms with Crippen LogP contribution in [0.15, 0.2) is 34.0 Å². The van der Waals surface area contributed by atoms with Crippen LogP contribution in [-0.4, -0.2) is 36.2 Å². The molecule has 4 rings (SSSR count). The largest absolute Gasteiger partial charge is 0.468 e. The van der Waals surface area contributed by atoms with Gasteiger partial charge in [0.25, 0.3) is 5.56 Å². The highest BCUT2D eigenvalue weighted by Crippen LogP contribution is 2.23. The molecule has 0 aliphatic heterocycles. The Kier molecular flexibility index (Phi) is 4.95. The van der Waals surface area contributed by atoms with Crippen LogP contribution in [0.3, 0.4) is 0 Å². The number of carbonyl (C=O) groups excluding carboxylic acids is 1. The van der Waals surface area contributed by atoms with E-state index in [0.29, 0.717) is 27.1 Å². The molecule has 0 radical (unpaired) electrons. The molecule has 0 fully saturated rings. The lowest BCUT2D eigenvalue weighted by atomic mass is 10.2. The van der Waals surface area contributed by atoms with Gasteiger partial charge in [0.15, 0.2) is 11.2 Å². The van der Waals surface area contributed by atoms with Crippen molar-refractivity contribution >= 4 is 46.1 Å². The van der Waals surface area contributed by atoms with Crippen molar-refractivity contribution in [1.82, 2.24) is 23.1 Å². The van der Waals surface area contributed by atoms with E-state index in [-0.39, 0.29) is 24.3 Å². The maximum atomic E-state index is 13.3. The summed E-state index contributed by atoms with van der Waals surface area (Å²) in [5, 5.41) is 0.721. The van der Waals surface area contributed by atoms with Crippen LogP contribution >= 0.6 is 23.2 Å². The third kappa shape index (κ3) is 3.10. The summed E-state index contributed by atoms with van der Waals surface area (Å²) in [6.07, 6.45) is 1.70. The van der Waals surface area contributed by atoms with Gasteiger partial charge in [0.1, 0.15) is 6.54 Å². The van der Waals surface area contributed by atoms with E-state index in [0.717, 1.165) is 4.57 Å². The Balaban J connectivity index is 1.95. The van der Waals surface area contributed by atoms with E-state index in [1.54, 1.807) is 47.3 Å². The predicted octanol–water partition coefficient (Wildman–Crippen LogP) is 1.99. The Bertz CT molecular complexity index is 1440. The van der Waals surface area contributed by atoms with Gasteiger partial charge in [-0.2, -0.15) is 4.98 Å². The standard InChI is InChI=1S/C19H17Cl2N5O4/c1-10-7-25-15-16(22-18(25)24(10)9-14(27)30-3)23(2)19(29)26(17(15)28)8-11-4-5-12(20)13(21)6-11/h4-7H,8-9H2,1-3H3. The van der Waals surface area contributed by atoms with Gasteiger partial charge in [-0.05, 0) is 24.6 Å². The topological polar surface area (TPSA) is 92.5 Å². The van der Waals surface area contributed by atoms with Crippen molar-refractivity contribution in [3.05, 3.63) is 66.5 Å². The lowest BCUT2D eigenvalue weighted by Gasteiger charge is -2.09. The summed E-state index contributed by atoms with van der Waals surface area (Å²) in [5.74, 6) is -0.0820. The van der Waals surface area contributed by atoms with Crippen molar-refractivity contribution in [2.45, 2.75) is 20.0 Å². The summed E-state index contributed by atoms with van der Waals surface area (Å²) in [7, 11) is 2.84. The fourth-order valence-electron chi connectivity index (χ4n) is 3.40. The fraction of sp³-hybridized carbons (Fsp3) is 0.263. The van der Waals surface area contributed by atoms with Gasteiger partial charge in [-0.15, -0.1) is 0 Å². The van der Waals surface area contributed by atoms with Crippen LogP contribution in [0.2, 0.25) is 10.0 Å². The molecular weight excluding hydrogens is 433 g/mol. The number of rotatable bonds is 4. The quantitative estimate of drug-likeness (QED) is 0.444. The third-order valence-corrected chi connectivity index (χ3v) is 5.72. The summed E-state index contributed by atoms with van der Waals surface area (Å²) in [5.41, 5.74) is 0.817. The molecule has 0 saturated carbocycles. The smallest absolute Gasteiger partial charge is 0.332 e. The second-order valence-electron chi connectivity index (χ2n) is 6.87. The number of benzene rings is 1. The van der Waals surface area contributed by atoms with Gasteiger partial charge in [-0.3, -0.25) is 23.1 Å². The number of aromatic nitrogens is 5. The van der Waals surface area contributed by atoms with Crippen LogP contribution in [0.1, 0.15) is 11.3 Å². The molecule has 9 nitrogen and oxygen atoms in total. The first-order valence-electron chi connectivity index (χ1n) is 8.91. The zero-order chi connectivity index (χ0) is 21.7. The first kappa shape index (κ1) is 20.2. The van der Waals surface area contributed by atoms with Gasteiger partial charge in [-0.25, -0.2) is 4.79 Å². The molecule has 1 aromatic carbocycles. The van der Waals surface area contributed by atoms with Gasteiger partial charge >= 0.3 is 11.7 Å². The van der Waals surface area contributed by atoms with Crippen LogP contribution in [0.5, 0.6) is 0 Å². The normalized spacial score (nSPS) is 11.5. The van der Waals surface area contributed by atoms with Crippen LogP contribution in [-0.2, 0) is 29.7 Å². The molecule has 11 heteroatoms. The Hall–Kier alpha value is -3.04. The molecule has 0 amide bonds. The van der Waals surface area contributed by atoms with Gasteiger partial charge in [0.2, 0.25) is 5.78 Å². The zero-order valence-corrected chi connectivity index (χ0v) is 17.9. The van der Waals surface area contributed by atoms with Crippen molar-refractivity contribution in [2.24, 2.45) is 7.05 Å². The molecule has 0 N–H and O–H groups in total. The lowest BCUT2D eigenvalue weighted by molar-refractivity contribution is -0.141. The summed E-state index contributed by atoms with van der Waals surface area (Å²) in [4.78, 5) is 42.3. The molecule has 0 atom stereocenters. The monoisotopic (exact) mass is 449 g/mol. The van der Waals surface area contributed by atoms with Crippen LogP contribution in [0, 0.1) is 6.92 Å². The number of nitrogens with zero attached hydrogens (tertiary/aromatic N) is 5. The summed E-state index contributed by atoms with van der Waals surface area (Å²) in [6.45, 7) is 1.75. The number of fused-ring (bicyclic) bond motifs is 3. The van der Waals surface area contributed by atoms with Crippen LogP contribution in [0.4, 0.5) is 0 Å². The number of carbonyl (C=O) groups is 1. The van der Waals surface area contributed by atoms with E-state index in [4.69, 9.17) is 27.9 Å². The van der Waals surface area contributed by atoms with Crippen molar-refractivity contribution < 1.29 is 9.53 Å². The van der Waals surface area contributed by atoms with Crippen LogP contribution in [0.25, 0.3) is 16.9 Å². The number of methoxy groups -OCH3 is 1. The van der Waals surface area contributed by atoms with Crippen molar-refractivity contribution in [1.29, 1.82) is 0 Å². The highest BCUT2D eigenvalue weighted by atomic mass is 35.5. The summed E-state index contributed by atoms with van der Waals surface area (Å²) in [6, 6.07) is 4.93. The third-order valence-electron chi connectivity index (χ3n) is 4.98. The van der Waals surface area contributed by atoms with E-state index in [1.165, 1.54) is 11.7 Å². The Labute approximate surface area is 179 Å². The van der Waals surface area contributed by atoms with Gasteiger partial charge in [-0.1, -0.05) is 29.3 Å². The Morgan fingerprint density at radius 2 is 1.90 bits per heavy atom. The first-order valence-corrected chi connectivity index (χ1v) is 9.67. The summed E-state index contributed by atoms with van der Waals surface area (Å²) < 4.78 is 10.4. The minimum atomic E-state index is -0.518. The van der Waals surface area contributed by atoms with E-state index >= 15 is 0 Å². The number of ether oxygens (including phenoxy) is 1. The van der Waals surface area contributed by atoms with Gasteiger partial charge in [0, 0.05) is 18.9 Å². The second kappa shape index (κ2) is 7.33. The van der Waals surface area contributed by atoms with Gasteiger partial charge < -0.3 is 9.30 Å². The van der Waals surface area contributed by atoms with E-state index in [2.05, 4.69) is 4.98 Å². The maximum absolute atomic E-state index is 13.3. The average molecular weight is 450 g/mol. The number of esters is 1. The lowest BCUT2D eigenvalue weighted by Crippen LogP contribution is -2.39.